The van der Waals surface area contributed by atoms with Crippen molar-refractivity contribution >= 4 is 33.2 Å². The van der Waals surface area contributed by atoms with Crippen LogP contribution in [0.15, 0.2) is 42.5 Å². The van der Waals surface area contributed by atoms with Crippen molar-refractivity contribution in [3.8, 4) is 5.75 Å². The summed E-state index contributed by atoms with van der Waals surface area (Å²) < 4.78 is 31.7. The number of halogens is 1. The van der Waals surface area contributed by atoms with E-state index in [2.05, 4.69) is 5.32 Å². The Morgan fingerprint density at radius 3 is 2.34 bits per heavy atom. The largest absolute Gasteiger partial charge is 0.491 e. The molecule has 0 saturated heterocycles. The number of benzene rings is 2. The number of carbonyl (C=O) groups is 1. The number of ether oxygens (including phenoxy) is 1. The molecule has 0 bridgehead atoms. The average Bonchev–Trinajstić information content (AvgIpc) is 2.63. The van der Waals surface area contributed by atoms with Crippen molar-refractivity contribution < 1.29 is 17.9 Å². The molecule has 0 aromatic heterocycles. The zero-order valence-corrected chi connectivity index (χ0v) is 18.8. The van der Waals surface area contributed by atoms with E-state index in [0.717, 1.165) is 16.1 Å². The van der Waals surface area contributed by atoms with Crippen molar-refractivity contribution in [2.75, 3.05) is 17.2 Å². The number of sulfonamides is 1. The highest BCUT2D eigenvalue weighted by Crippen LogP contribution is 2.28. The third kappa shape index (κ3) is 6.37. The Balaban J connectivity index is 2.10. The fraction of sp³-hybridized carbons (Fsp3) is 0.381. The van der Waals surface area contributed by atoms with Gasteiger partial charge in [0, 0.05) is 5.02 Å². The molecule has 1 amide bonds. The normalized spacial score (nSPS) is 13.4. The highest BCUT2D eigenvalue weighted by atomic mass is 35.5. The van der Waals surface area contributed by atoms with Crippen LogP contribution in [0.5, 0.6) is 5.75 Å². The summed E-state index contributed by atoms with van der Waals surface area (Å²) in [5, 5.41) is 3.21. The molecule has 2 rings (SSSR count). The predicted octanol–water partition coefficient (Wildman–Crippen LogP) is 3.70. The van der Waals surface area contributed by atoms with Crippen LogP contribution in [0.3, 0.4) is 0 Å². The first-order valence-electron chi connectivity index (χ1n) is 9.24. The standard InChI is InChI=1S/C21H27ClN2O4S/c1-14-6-10-19(11-7-14)28-13-16(3)23-21(25)17(4)24(29(5,26)27)20-12-18(22)9-8-15(20)2/h6-12,16-17H,13H2,1-5H3,(H,23,25)/t16-,17+/m0/s1. The Hall–Kier alpha value is -2.25. The Morgan fingerprint density at radius 2 is 1.76 bits per heavy atom. The molecule has 0 radical (unpaired) electrons. The molecule has 0 aliphatic heterocycles. The fourth-order valence-electron chi connectivity index (χ4n) is 2.86. The summed E-state index contributed by atoms with van der Waals surface area (Å²) >= 11 is 6.05. The monoisotopic (exact) mass is 438 g/mol. The second-order valence-electron chi connectivity index (χ2n) is 7.20. The van der Waals surface area contributed by atoms with Crippen molar-refractivity contribution in [1.82, 2.24) is 5.32 Å². The second kappa shape index (κ2) is 9.50. The van der Waals surface area contributed by atoms with Crippen LogP contribution in [-0.4, -0.2) is 39.3 Å². The van der Waals surface area contributed by atoms with E-state index in [-0.39, 0.29) is 12.6 Å². The van der Waals surface area contributed by atoms with Gasteiger partial charge in [-0.15, -0.1) is 0 Å². The van der Waals surface area contributed by atoms with E-state index in [9.17, 15) is 13.2 Å². The lowest BCUT2D eigenvalue weighted by molar-refractivity contribution is -0.122. The number of hydrogen-bond acceptors (Lipinski definition) is 4. The second-order valence-corrected chi connectivity index (χ2v) is 9.50. The van der Waals surface area contributed by atoms with Crippen molar-refractivity contribution in [2.45, 2.75) is 39.8 Å². The van der Waals surface area contributed by atoms with Crippen molar-refractivity contribution in [2.24, 2.45) is 0 Å². The summed E-state index contributed by atoms with van der Waals surface area (Å²) in [6.07, 6.45) is 1.07. The van der Waals surface area contributed by atoms with Gasteiger partial charge >= 0.3 is 0 Å². The van der Waals surface area contributed by atoms with Crippen molar-refractivity contribution in [3.63, 3.8) is 0 Å². The summed E-state index contributed by atoms with van der Waals surface area (Å²) in [5.41, 5.74) is 2.21. The van der Waals surface area contributed by atoms with Crippen LogP contribution < -0.4 is 14.4 Å². The first-order chi connectivity index (χ1) is 13.5. The van der Waals surface area contributed by atoms with E-state index < -0.39 is 22.0 Å². The molecule has 8 heteroatoms. The minimum atomic E-state index is -3.71. The van der Waals surface area contributed by atoms with Gasteiger partial charge in [-0.05, 0) is 57.5 Å². The van der Waals surface area contributed by atoms with Crippen LogP contribution in [0, 0.1) is 13.8 Å². The lowest BCUT2D eigenvalue weighted by Crippen LogP contribution is -2.51. The summed E-state index contributed by atoms with van der Waals surface area (Å²) in [6.45, 7) is 7.37. The molecule has 6 nitrogen and oxygen atoms in total. The maximum Gasteiger partial charge on any atom is 0.243 e. The molecule has 29 heavy (non-hydrogen) atoms. The molecule has 0 unspecified atom stereocenters. The van der Waals surface area contributed by atoms with Crippen LogP contribution in [0.2, 0.25) is 5.02 Å². The van der Waals surface area contributed by atoms with Gasteiger partial charge in [0.15, 0.2) is 0 Å². The van der Waals surface area contributed by atoms with Crippen molar-refractivity contribution in [3.05, 3.63) is 58.6 Å². The number of anilines is 1. The third-order valence-electron chi connectivity index (χ3n) is 4.41. The minimum Gasteiger partial charge on any atom is -0.491 e. The lowest BCUT2D eigenvalue weighted by Gasteiger charge is -2.30. The number of hydrogen-bond donors (Lipinski definition) is 1. The van der Waals surface area contributed by atoms with Crippen LogP contribution in [-0.2, 0) is 14.8 Å². The van der Waals surface area contributed by atoms with Gasteiger partial charge in [0.05, 0.1) is 18.0 Å². The van der Waals surface area contributed by atoms with Gasteiger partial charge in [-0.3, -0.25) is 9.10 Å². The lowest BCUT2D eigenvalue weighted by atomic mass is 10.1. The molecule has 0 fully saturated rings. The van der Waals surface area contributed by atoms with Crippen LogP contribution in [0.1, 0.15) is 25.0 Å². The number of nitrogens with one attached hydrogen (secondary N) is 1. The SMILES string of the molecule is Cc1ccc(OC[C@H](C)NC(=O)[C@@H](C)N(c2cc(Cl)ccc2C)S(C)(=O)=O)cc1. The Bertz CT molecular complexity index is 961. The molecule has 0 spiro atoms. The molecule has 158 valence electrons. The summed E-state index contributed by atoms with van der Waals surface area (Å²) in [4.78, 5) is 12.8. The van der Waals surface area contributed by atoms with Crippen LogP contribution in [0.25, 0.3) is 0 Å². The number of rotatable bonds is 8. The van der Waals surface area contributed by atoms with Crippen LogP contribution >= 0.6 is 11.6 Å². The van der Waals surface area contributed by atoms with Gasteiger partial charge in [0.2, 0.25) is 15.9 Å². The molecule has 2 aromatic rings. The number of carbonyl (C=O) groups excluding carboxylic acids is 1. The van der Waals surface area contributed by atoms with E-state index in [1.807, 2.05) is 31.2 Å². The van der Waals surface area contributed by atoms with E-state index in [1.54, 1.807) is 39.0 Å². The van der Waals surface area contributed by atoms with Gasteiger partial charge in [0.1, 0.15) is 18.4 Å². The highest BCUT2D eigenvalue weighted by molar-refractivity contribution is 7.92. The van der Waals surface area contributed by atoms with E-state index in [1.165, 1.54) is 0 Å². The number of amides is 1. The van der Waals surface area contributed by atoms with Gasteiger partial charge < -0.3 is 10.1 Å². The smallest absolute Gasteiger partial charge is 0.243 e. The van der Waals surface area contributed by atoms with Gasteiger partial charge in [-0.25, -0.2) is 8.42 Å². The van der Waals surface area contributed by atoms with E-state index in [0.29, 0.717) is 22.0 Å². The fourth-order valence-corrected chi connectivity index (χ4v) is 4.25. The Kier molecular flexibility index (Phi) is 7.54. The van der Waals surface area contributed by atoms with Gasteiger partial charge in [-0.2, -0.15) is 0 Å². The predicted molar refractivity (Wildman–Crippen MR) is 117 cm³/mol. The molecular weight excluding hydrogens is 412 g/mol. The Labute approximate surface area is 177 Å². The maximum atomic E-state index is 12.8. The molecule has 2 atom stereocenters. The first-order valence-corrected chi connectivity index (χ1v) is 11.5. The molecule has 0 aliphatic rings. The van der Waals surface area contributed by atoms with Gasteiger partial charge in [0.25, 0.3) is 0 Å². The van der Waals surface area contributed by atoms with Gasteiger partial charge in [-0.1, -0.05) is 35.4 Å². The summed E-state index contributed by atoms with van der Waals surface area (Å²) in [7, 11) is -3.71. The molecular formula is C21H27ClN2O4S. The number of aryl methyl sites for hydroxylation is 2. The molecule has 1 N–H and O–H groups in total. The topological polar surface area (TPSA) is 75.7 Å². The quantitative estimate of drug-likeness (QED) is 0.681. The molecule has 0 aliphatic carbocycles. The number of nitrogens with zero attached hydrogens (tertiary/aromatic N) is 1. The summed E-state index contributed by atoms with van der Waals surface area (Å²) in [6, 6.07) is 11.3. The van der Waals surface area contributed by atoms with E-state index >= 15 is 0 Å². The first kappa shape index (κ1) is 23.0. The molecule has 2 aromatic carbocycles. The van der Waals surface area contributed by atoms with Crippen LogP contribution in [0.4, 0.5) is 5.69 Å². The highest BCUT2D eigenvalue weighted by Gasteiger charge is 2.30. The molecule has 0 heterocycles. The zero-order chi connectivity index (χ0) is 21.8. The van der Waals surface area contributed by atoms with E-state index in [4.69, 9.17) is 16.3 Å². The average molecular weight is 439 g/mol. The minimum absolute atomic E-state index is 0.261. The van der Waals surface area contributed by atoms with Crippen molar-refractivity contribution in [1.29, 1.82) is 0 Å². The third-order valence-corrected chi connectivity index (χ3v) is 5.87. The Morgan fingerprint density at radius 1 is 1.14 bits per heavy atom. The zero-order valence-electron chi connectivity index (χ0n) is 17.3. The summed E-state index contributed by atoms with van der Waals surface area (Å²) in [5.74, 6) is 0.284. The maximum absolute atomic E-state index is 12.8. The molecule has 0 saturated carbocycles.